The van der Waals surface area contributed by atoms with Gasteiger partial charge in [-0.2, -0.15) is 15.0 Å². The maximum Gasteiger partial charge on any atom is 0.323 e. The van der Waals surface area contributed by atoms with E-state index in [4.69, 9.17) is 10.5 Å². The van der Waals surface area contributed by atoms with Crippen molar-refractivity contribution in [1.29, 1.82) is 0 Å². The molecule has 0 atom stereocenters. The third-order valence-corrected chi connectivity index (χ3v) is 2.04. The van der Waals surface area contributed by atoms with Crippen LogP contribution in [0.5, 0.6) is 6.01 Å². The van der Waals surface area contributed by atoms with Crippen LogP contribution in [-0.2, 0) is 0 Å². The summed E-state index contributed by atoms with van der Waals surface area (Å²) in [5, 5.41) is 3.11. The molecule has 0 fully saturated rings. The van der Waals surface area contributed by atoms with Crippen LogP contribution in [0, 0.1) is 0 Å². The van der Waals surface area contributed by atoms with Crippen molar-refractivity contribution >= 4 is 11.9 Å². The molecule has 0 amide bonds. The van der Waals surface area contributed by atoms with Gasteiger partial charge in [0.05, 0.1) is 6.10 Å². The van der Waals surface area contributed by atoms with E-state index in [-0.39, 0.29) is 18.1 Å². The topological polar surface area (TPSA) is 86.0 Å². The van der Waals surface area contributed by atoms with Crippen molar-refractivity contribution in [2.45, 2.75) is 46.1 Å². The maximum absolute atomic E-state index is 5.58. The van der Waals surface area contributed by atoms with Gasteiger partial charge in [-0.15, -0.1) is 0 Å². The molecular weight excluding hydrogens is 218 g/mol. The maximum atomic E-state index is 5.58. The Balaban J connectivity index is 2.56. The van der Waals surface area contributed by atoms with Crippen molar-refractivity contribution in [2.24, 2.45) is 0 Å². The van der Waals surface area contributed by atoms with Gasteiger partial charge in [0.2, 0.25) is 11.9 Å². The number of nitrogens with one attached hydrogen (secondary N) is 1. The normalized spacial score (nSPS) is 10.6. The molecule has 6 nitrogen and oxygen atoms in total. The third kappa shape index (κ3) is 5.33. The van der Waals surface area contributed by atoms with Crippen LogP contribution in [-0.4, -0.2) is 27.6 Å². The Labute approximate surface area is 102 Å². The Bertz CT molecular complexity index is 343. The summed E-state index contributed by atoms with van der Waals surface area (Å²) in [6.45, 7) is 6.82. The van der Waals surface area contributed by atoms with Crippen LogP contribution < -0.4 is 15.8 Å². The Hall–Kier alpha value is -1.59. The van der Waals surface area contributed by atoms with Crippen LogP contribution in [0.15, 0.2) is 0 Å². The second kappa shape index (κ2) is 6.88. The quantitative estimate of drug-likeness (QED) is 0.706. The van der Waals surface area contributed by atoms with Gasteiger partial charge in [0.1, 0.15) is 0 Å². The van der Waals surface area contributed by atoms with E-state index < -0.39 is 0 Å². The summed E-state index contributed by atoms with van der Waals surface area (Å²) >= 11 is 0. The number of unbranched alkanes of at least 4 members (excludes halogenated alkanes) is 2. The standard InChI is InChI=1S/C11H21N5O/c1-4-5-6-7-13-10-14-9(12)15-11(16-10)17-8(2)3/h8H,4-7H2,1-3H3,(H3,12,13,14,15,16). The molecule has 0 aliphatic rings. The highest BCUT2D eigenvalue weighted by Gasteiger charge is 2.06. The summed E-state index contributed by atoms with van der Waals surface area (Å²) in [5.41, 5.74) is 5.58. The molecule has 1 heterocycles. The first-order valence-corrected chi connectivity index (χ1v) is 6.04. The molecule has 0 aliphatic carbocycles. The second-order valence-corrected chi connectivity index (χ2v) is 4.10. The monoisotopic (exact) mass is 239 g/mol. The lowest BCUT2D eigenvalue weighted by Crippen LogP contribution is -2.13. The summed E-state index contributed by atoms with van der Waals surface area (Å²) in [5.74, 6) is 0.651. The van der Waals surface area contributed by atoms with Crippen molar-refractivity contribution in [3.63, 3.8) is 0 Å². The molecule has 0 saturated heterocycles. The zero-order valence-electron chi connectivity index (χ0n) is 10.7. The van der Waals surface area contributed by atoms with Crippen LogP contribution >= 0.6 is 0 Å². The van der Waals surface area contributed by atoms with Crippen molar-refractivity contribution in [3.05, 3.63) is 0 Å². The van der Waals surface area contributed by atoms with Crippen LogP contribution in [0.25, 0.3) is 0 Å². The van der Waals surface area contributed by atoms with Crippen molar-refractivity contribution in [2.75, 3.05) is 17.6 Å². The average molecular weight is 239 g/mol. The molecule has 17 heavy (non-hydrogen) atoms. The van der Waals surface area contributed by atoms with Crippen LogP contribution in [0.4, 0.5) is 11.9 Å². The van der Waals surface area contributed by atoms with E-state index in [9.17, 15) is 0 Å². The molecule has 1 aromatic rings. The van der Waals surface area contributed by atoms with Gasteiger partial charge in [-0.3, -0.25) is 0 Å². The van der Waals surface area contributed by atoms with Crippen molar-refractivity contribution < 1.29 is 4.74 Å². The molecule has 1 rings (SSSR count). The van der Waals surface area contributed by atoms with Crippen LogP contribution in [0.1, 0.15) is 40.0 Å². The molecule has 0 bridgehead atoms. The third-order valence-electron chi connectivity index (χ3n) is 2.04. The summed E-state index contributed by atoms with van der Waals surface area (Å²) in [7, 11) is 0. The highest BCUT2D eigenvalue weighted by atomic mass is 16.5. The number of hydrogen-bond acceptors (Lipinski definition) is 6. The average Bonchev–Trinajstić information content (AvgIpc) is 2.22. The predicted molar refractivity (Wildman–Crippen MR) is 68.0 cm³/mol. The largest absolute Gasteiger partial charge is 0.461 e. The number of ether oxygens (including phenoxy) is 1. The number of anilines is 2. The first-order chi connectivity index (χ1) is 8.11. The molecule has 0 spiro atoms. The Morgan fingerprint density at radius 2 is 2.00 bits per heavy atom. The molecule has 6 heteroatoms. The number of aromatic nitrogens is 3. The molecule has 3 N–H and O–H groups in total. The fourth-order valence-corrected chi connectivity index (χ4v) is 1.29. The summed E-state index contributed by atoms with van der Waals surface area (Å²) < 4.78 is 5.38. The molecule has 0 aliphatic heterocycles. The van der Waals surface area contributed by atoms with E-state index in [2.05, 4.69) is 27.2 Å². The smallest absolute Gasteiger partial charge is 0.323 e. The number of nitrogens with two attached hydrogens (primary N) is 1. The molecular formula is C11H21N5O. The van der Waals surface area contributed by atoms with Gasteiger partial charge >= 0.3 is 6.01 Å². The summed E-state index contributed by atoms with van der Waals surface area (Å²) in [4.78, 5) is 12.1. The van der Waals surface area contributed by atoms with Gasteiger partial charge in [0.15, 0.2) is 0 Å². The van der Waals surface area contributed by atoms with E-state index in [1.54, 1.807) is 0 Å². The Kier molecular flexibility index (Phi) is 5.45. The van der Waals surface area contributed by atoms with Gasteiger partial charge in [-0.05, 0) is 20.3 Å². The second-order valence-electron chi connectivity index (χ2n) is 4.10. The van der Waals surface area contributed by atoms with Crippen molar-refractivity contribution in [3.8, 4) is 6.01 Å². The molecule has 0 aromatic carbocycles. The van der Waals surface area contributed by atoms with Gasteiger partial charge in [-0.1, -0.05) is 19.8 Å². The zero-order chi connectivity index (χ0) is 12.7. The van der Waals surface area contributed by atoms with Crippen molar-refractivity contribution in [1.82, 2.24) is 15.0 Å². The van der Waals surface area contributed by atoms with E-state index in [1.165, 1.54) is 12.8 Å². The lowest BCUT2D eigenvalue weighted by molar-refractivity contribution is 0.222. The number of nitrogens with zero attached hydrogens (tertiary/aromatic N) is 3. The molecule has 96 valence electrons. The van der Waals surface area contributed by atoms with E-state index in [0.29, 0.717) is 5.95 Å². The first kappa shape index (κ1) is 13.5. The number of rotatable bonds is 7. The predicted octanol–water partition coefficient (Wildman–Crippen LogP) is 1.84. The van der Waals surface area contributed by atoms with E-state index in [0.717, 1.165) is 13.0 Å². The summed E-state index contributed by atoms with van der Waals surface area (Å²) in [6.07, 6.45) is 3.47. The zero-order valence-corrected chi connectivity index (χ0v) is 10.7. The fraction of sp³-hybridized carbons (Fsp3) is 0.727. The van der Waals surface area contributed by atoms with Crippen LogP contribution in [0.3, 0.4) is 0 Å². The van der Waals surface area contributed by atoms with Crippen LogP contribution in [0.2, 0.25) is 0 Å². The molecule has 0 unspecified atom stereocenters. The molecule has 0 saturated carbocycles. The number of hydrogen-bond donors (Lipinski definition) is 2. The van der Waals surface area contributed by atoms with Gasteiger partial charge < -0.3 is 15.8 Å². The fourth-order valence-electron chi connectivity index (χ4n) is 1.29. The minimum atomic E-state index is 0.0183. The van der Waals surface area contributed by atoms with E-state index in [1.807, 2.05) is 13.8 Å². The van der Waals surface area contributed by atoms with Gasteiger partial charge in [-0.25, -0.2) is 0 Å². The highest BCUT2D eigenvalue weighted by Crippen LogP contribution is 2.10. The minimum Gasteiger partial charge on any atom is -0.461 e. The van der Waals surface area contributed by atoms with Gasteiger partial charge in [0.25, 0.3) is 0 Å². The lowest BCUT2D eigenvalue weighted by atomic mass is 10.2. The Morgan fingerprint density at radius 3 is 2.65 bits per heavy atom. The highest BCUT2D eigenvalue weighted by molar-refractivity contribution is 5.32. The molecule has 1 aromatic heterocycles. The lowest BCUT2D eigenvalue weighted by Gasteiger charge is -2.09. The number of nitrogen functional groups attached to an aromatic ring is 1. The van der Waals surface area contributed by atoms with E-state index >= 15 is 0 Å². The summed E-state index contributed by atoms with van der Waals surface area (Å²) in [6, 6.07) is 0.269. The SMILES string of the molecule is CCCCCNc1nc(N)nc(OC(C)C)n1. The minimum absolute atomic E-state index is 0.0183. The molecule has 0 radical (unpaired) electrons. The Morgan fingerprint density at radius 1 is 1.24 bits per heavy atom. The van der Waals surface area contributed by atoms with Gasteiger partial charge in [0, 0.05) is 6.54 Å². The first-order valence-electron chi connectivity index (χ1n) is 6.04.